The number of para-hydroxylation sites is 1. The summed E-state index contributed by atoms with van der Waals surface area (Å²) in [6.45, 7) is 0. The molecule has 0 atom stereocenters. The van der Waals surface area contributed by atoms with Crippen LogP contribution in [0.25, 0.3) is 67.0 Å². The minimum Gasteiger partial charge on any atom is -0.456 e. The Kier molecular flexibility index (Phi) is 5.42. The molecule has 0 fully saturated rings. The van der Waals surface area contributed by atoms with E-state index in [9.17, 15) is 5.26 Å². The topological polar surface area (TPSA) is 75.6 Å². The van der Waals surface area contributed by atoms with E-state index in [0.29, 0.717) is 11.4 Å². The first-order chi connectivity index (χ1) is 19.3. The number of rotatable bonds is 4. The minimum absolute atomic E-state index is 0.604. The summed E-state index contributed by atoms with van der Waals surface area (Å²) in [5, 5.41) is 11.4. The van der Waals surface area contributed by atoms with Crippen LogP contribution < -0.4 is 0 Å². The molecule has 0 spiro atoms. The van der Waals surface area contributed by atoms with Gasteiger partial charge < -0.3 is 4.42 Å². The number of hydrogen-bond donors (Lipinski definition) is 0. The second-order valence-electron chi connectivity index (χ2n) is 9.25. The van der Waals surface area contributed by atoms with Crippen molar-refractivity contribution < 1.29 is 4.42 Å². The second kappa shape index (κ2) is 9.37. The van der Waals surface area contributed by atoms with Crippen molar-refractivity contribution in [1.82, 2.24) is 15.0 Å². The quantitative estimate of drug-likeness (QED) is 0.243. The van der Waals surface area contributed by atoms with E-state index in [0.717, 1.165) is 61.1 Å². The summed E-state index contributed by atoms with van der Waals surface area (Å²) >= 11 is 0. The highest BCUT2D eigenvalue weighted by atomic mass is 16.3. The molecule has 5 nitrogen and oxygen atoms in total. The van der Waals surface area contributed by atoms with Crippen LogP contribution in [0.2, 0.25) is 0 Å². The Bertz CT molecular complexity index is 2020. The molecule has 7 rings (SSSR count). The Morgan fingerprint density at radius 3 is 2.10 bits per heavy atom. The molecule has 7 aromatic rings. The van der Waals surface area contributed by atoms with Crippen LogP contribution in [0.4, 0.5) is 0 Å². The molecule has 39 heavy (non-hydrogen) atoms. The highest BCUT2D eigenvalue weighted by molar-refractivity contribution is 6.06. The fourth-order valence-corrected chi connectivity index (χ4v) is 4.92. The summed E-state index contributed by atoms with van der Waals surface area (Å²) in [4.78, 5) is 14.4. The first-order valence-corrected chi connectivity index (χ1v) is 12.6. The van der Waals surface area contributed by atoms with Gasteiger partial charge in [-0.25, -0.2) is 9.97 Å². The van der Waals surface area contributed by atoms with Crippen LogP contribution in [0.5, 0.6) is 0 Å². The average Bonchev–Trinajstić information content (AvgIpc) is 3.39. The number of hydrogen-bond acceptors (Lipinski definition) is 5. The fourth-order valence-electron chi connectivity index (χ4n) is 4.92. The van der Waals surface area contributed by atoms with Crippen LogP contribution in [0.3, 0.4) is 0 Å². The van der Waals surface area contributed by atoms with Crippen molar-refractivity contribution in [2.45, 2.75) is 0 Å². The van der Waals surface area contributed by atoms with E-state index >= 15 is 0 Å². The predicted molar refractivity (Wildman–Crippen MR) is 154 cm³/mol. The summed E-state index contributed by atoms with van der Waals surface area (Å²) in [6.07, 6.45) is 3.62. The molecule has 3 aromatic heterocycles. The smallest absolute Gasteiger partial charge is 0.161 e. The number of nitrogens with zero attached hydrogens (tertiary/aromatic N) is 4. The summed E-state index contributed by atoms with van der Waals surface area (Å²) in [5.74, 6) is 0.614. The van der Waals surface area contributed by atoms with Gasteiger partial charge in [-0.05, 0) is 54.1 Å². The third-order valence-electron chi connectivity index (χ3n) is 6.85. The fraction of sp³-hybridized carbons (Fsp3) is 0. The van der Waals surface area contributed by atoms with Gasteiger partial charge in [0.25, 0.3) is 0 Å². The first-order valence-electron chi connectivity index (χ1n) is 12.6. The van der Waals surface area contributed by atoms with E-state index in [1.165, 1.54) is 0 Å². The lowest BCUT2D eigenvalue weighted by Gasteiger charge is -2.12. The van der Waals surface area contributed by atoms with Crippen molar-refractivity contribution in [2.75, 3.05) is 0 Å². The summed E-state index contributed by atoms with van der Waals surface area (Å²) in [6, 6.07) is 37.9. The van der Waals surface area contributed by atoms with Crippen LogP contribution in [0.15, 0.2) is 126 Å². The summed E-state index contributed by atoms with van der Waals surface area (Å²) in [5.41, 5.74) is 8.66. The van der Waals surface area contributed by atoms with Gasteiger partial charge in [-0.1, -0.05) is 60.7 Å². The number of aromatic nitrogens is 3. The molecule has 0 aliphatic rings. The Morgan fingerprint density at radius 2 is 1.31 bits per heavy atom. The van der Waals surface area contributed by atoms with E-state index in [2.05, 4.69) is 29.3 Å². The normalized spacial score (nSPS) is 11.1. The molecule has 0 amide bonds. The van der Waals surface area contributed by atoms with Gasteiger partial charge >= 0.3 is 0 Å². The third kappa shape index (κ3) is 4.11. The molecule has 0 N–H and O–H groups in total. The van der Waals surface area contributed by atoms with Gasteiger partial charge in [-0.2, -0.15) is 5.26 Å². The van der Waals surface area contributed by atoms with Crippen molar-refractivity contribution in [2.24, 2.45) is 0 Å². The highest BCUT2D eigenvalue weighted by Crippen LogP contribution is 2.35. The van der Waals surface area contributed by atoms with Crippen molar-refractivity contribution in [1.29, 1.82) is 5.26 Å². The van der Waals surface area contributed by atoms with Crippen molar-refractivity contribution >= 4 is 21.9 Å². The SMILES string of the molecule is N#Cc1ccc(-c2cc(-c3ccc4oc5ccccc5c4c3)nc(-c3ccccc3-c3cccnc3)n2)cc1. The molecule has 3 heterocycles. The van der Waals surface area contributed by atoms with E-state index in [1.807, 2.05) is 97.2 Å². The zero-order valence-electron chi connectivity index (χ0n) is 20.7. The van der Waals surface area contributed by atoms with Gasteiger partial charge in [0.15, 0.2) is 5.82 Å². The maximum Gasteiger partial charge on any atom is 0.161 e. The number of furan rings is 1. The monoisotopic (exact) mass is 500 g/mol. The van der Waals surface area contributed by atoms with Gasteiger partial charge in [0.05, 0.1) is 23.0 Å². The number of nitriles is 1. The second-order valence-corrected chi connectivity index (χ2v) is 9.25. The number of pyridine rings is 1. The Balaban J connectivity index is 1.45. The Morgan fingerprint density at radius 1 is 0.590 bits per heavy atom. The van der Waals surface area contributed by atoms with Crippen LogP contribution >= 0.6 is 0 Å². The van der Waals surface area contributed by atoms with Crippen LogP contribution in [-0.2, 0) is 0 Å². The molecular formula is C34H20N4O. The third-order valence-corrected chi connectivity index (χ3v) is 6.85. The predicted octanol–water partition coefficient (Wildman–Crippen LogP) is 8.31. The van der Waals surface area contributed by atoms with E-state index < -0.39 is 0 Å². The van der Waals surface area contributed by atoms with Gasteiger partial charge in [0, 0.05) is 45.4 Å². The molecule has 4 aromatic carbocycles. The van der Waals surface area contributed by atoms with Gasteiger partial charge in [-0.3, -0.25) is 4.98 Å². The Hall–Kier alpha value is -5.60. The molecule has 0 aliphatic heterocycles. The largest absolute Gasteiger partial charge is 0.456 e. The average molecular weight is 501 g/mol. The maximum atomic E-state index is 9.28. The lowest BCUT2D eigenvalue weighted by molar-refractivity contribution is 0.669. The Labute approximate surface area is 224 Å². The molecule has 0 aliphatic carbocycles. The standard InChI is InChI=1S/C34H20N4O/c35-20-22-11-13-23(14-12-22)30-19-31(24-15-16-33-29(18-24)27-8-3-4-10-32(27)39-33)38-34(37-30)28-9-2-1-7-26(28)25-6-5-17-36-21-25/h1-19,21H. The van der Waals surface area contributed by atoms with Crippen molar-refractivity contribution in [3.05, 3.63) is 127 Å². The van der Waals surface area contributed by atoms with Crippen molar-refractivity contribution in [3.63, 3.8) is 0 Å². The zero-order chi connectivity index (χ0) is 26.2. The van der Waals surface area contributed by atoms with E-state index in [4.69, 9.17) is 14.4 Å². The molecule has 0 radical (unpaired) electrons. The van der Waals surface area contributed by atoms with Crippen LogP contribution in [0, 0.1) is 11.3 Å². The summed E-state index contributed by atoms with van der Waals surface area (Å²) < 4.78 is 6.05. The van der Waals surface area contributed by atoms with Crippen LogP contribution in [-0.4, -0.2) is 15.0 Å². The lowest BCUT2D eigenvalue weighted by atomic mass is 9.99. The maximum absolute atomic E-state index is 9.28. The minimum atomic E-state index is 0.604. The van der Waals surface area contributed by atoms with Crippen molar-refractivity contribution in [3.8, 4) is 51.1 Å². The lowest BCUT2D eigenvalue weighted by Crippen LogP contribution is -1.97. The van der Waals surface area contributed by atoms with E-state index in [1.54, 1.807) is 6.20 Å². The molecular weight excluding hydrogens is 480 g/mol. The first kappa shape index (κ1) is 22.6. The molecule has 0 saturated carbocycles. The van der Waals surface area contributed by atoms with Gasteiger partial charge in [0.2, 0.25) is 0 Å². The molecule has 5 heteroatoms. The molecule has 0 saturated heterocycles. The zero-order valence-corrected chi connectivity index (χ0v) is 20.7. The molecule has 0 unspecified atom stereocenters. The molecule has 0 bridgehead atoms. The van der Waals surface area contributed by atoms with Gasteiger partial charge in [-0.15, -0.1) is 0 Å². The van der Waals surface area contributed by atoms with Gasteiger partial charge in [0.1, 0.15) is 11.2 Å². The summed E-state index contributed by atoms with van der Waals surface area (Å²) in [7, 11) is 0. The number of fused-ring (bicyclic) bond motifs is 3. The van der Waals surface area contributed by atoms with E-state index in [-0.39, 0.29) is 0 Å². The number of benzene rings is 4. The molecule has 182 valence electrons. The van der Waals surface area contributed by atoms with Crippen LogP contribution in [0.1, 0.15) is 5.56 Å². The highest BCUT2D eigenvalue weighted by Gasteiger charge is 2.16.